The highest BCUT2D eigenvalue weighted by Gasteiger charge is 2.16. The summed E-state index contributed by atoms with van der Waals surface area (Å²) in [5.74, 6) is 0. The van der Waals surface area contributed by atoms with Crippen molar-refractivity contribution in [2.75, 3.05) is 0 Å². The smallest absolute Gasteiger partial charge is 0.0412 e. The first-order valence-electron chi connectivity index (χ1n) is 4.80. The van der Waals surface area contributed by atoms with Crippen LogP contribution < -0.4 is 0 Å². The molecular formula is C12H14S2. The van der Waals surface area contributed by atoms with Gasteiger partial charge in [-0.25, -0.2) is 0 Å². The Morgan fingerprint density at radius 1 is 1.57 bits per heavy atom. The largest absolute Gasteiger partial charge is 0.139 e. The van der Waals surface area contributed by atoms with Crippen molar-refractivity contribution in [1.29, 1.82) is 0 Å². The van der Waals surface area contributed by atoms with Gasteiger partial charge in [-0.2, -0.15) is 0 Å². The number of hydrogen-bond donors (Lipinski definition) is 0. The van der Waals surface area contributed by atoms with E-state index in [1.54, 1.807) is 0 Å². The maximum Gasteiger partial charge on any atom is 0.0412 e. The molecule has 1 aliphatic rings. The Bertz CT molecular complexity index is 385. The minimum atomic E-state index is 0.750. The molecular weight excluding hydrogens is 208 g/mol. The molecule has 1 aromatic rings. The minimum absolute atomic E-state index is 0.750. The zero-order valence-corrected chi connectivity index (χ0v) is 10.2. The van der Waals surface area contributed by atoms with E-state index in [9.17, 15) is 0 Å². The second-order valence-corrected chi connectivity index (χ2v) is 6.30. The average Bonchev–Trinajstić information content (AvgIpc) is 2.71. The zero-order chi connectivity index (χ0) is 10.1. The van der Waals surface area contributed by atoms with E-state index in [1.165, 1.54) is 26.6 Å². The van der Waals surface area contributed by atoms with Crippen molar-refractivity contribution >= 4 is 34.1 Å². The van der Waals surface area contributed by atoms with E-state index in [-0.39, 0.29) is 0 Å². The Balaban J connectivity index is 2.29. The number of aryl methyl sites for hydroxylation is 1. The summed E-state index contributed by atoms with van der Waals surface area (Å²) in [6.45, 7) is 8.27. The number of thioether (sulfide) groups is 1. The lowest BCUT2D eigenvalue weighted by atomic mass is 10.2. The van der Waals surface area contributed by atoms with Crippen molar-refractivity contribution in [3.8, 4) is 0 Å². The van der Waals surface area contributed by atoms with Crippen LogP contribution in [0.1, 0.15) is 28.7 Å². The van der Waals surface area contributed by atoms with Crippen molar-refractivity contribution in [3.05, 3.63) is 34.0 Å². The molecule has 1 aromatic heterocycles. The maximum absolute atomic E-state index is 3.83. The van der Waals surface area contributed by atoms with Crippen LogP contribution >= 0.6 is 23.1 Å². The number of rotatable bonds is 2. The van der Waals surface area contributed by atoms with Gasteiger partial charge in [-0.05, 0) is 25.0 Å². The van der Waals surface area contributed by atoms with Crippen LogP contribution in [-0.4, -0.2) is 5.25 Å². The first-order valence-corrected chi connectivity index (χ1v) is 6.50. The molecule has 0 N–H and O–H groups in total. The maximum atomic E-state index is 3.83. The fourth-order valence-corrected chi connectivity index (χ4v) is 3.79. The van der Waals surface area contributed by atoms with E-state index < -0.39 is 0 Å². The third-order valence-corrected chi connectivity index (χ3v) is 4.85. The summed E-state index contributed by atoms with van der Waals surface area (Å²) in [4.78, 5) is 4.24. The highest BCUT2D eigenvalue weighted by molar-refractivity contribution is 8.09. The van der Waals surface area contributed by atoms with Gasteiger partial charge in [-0.1, -0.05) is 25.7 Å². The molecule has 0 radical (unpaired) electrons. The number of allylic oxidation sites excluding steroid dienone is 1. The molecule has 0 bridgehead atoms. The van der Waals surface area contributed by atoms with Gasteiger partial charge < -0.3 is 0 Å². The normalized spacial score (nSPS) is 21.0. The lowest BCUT2D eigenvalue weighted by Crippen LogP contribution is -1.83. The highest BCUT2D eigenvalue weighted by atomic mass is 32.2. The van der Waals surface area contributed by atoms with Gasteiger partial charge in [0.15, 0.2) is 0 Å². The van der Waals surface area contributed by atoms with Crippen LogP contribution in [0.15, 0.2) is 18.7 Å². The third-order valence-electron chi connectivity index (χ3n) is 2.38. The molecule has 0 saturated heterocycles. The first kappa shape index (κ1) is 10.1. The van der Waals surface area contributed by atoms with Crippen molar-refractivity contribution in [2.24, 2.45) is 0 Å². The standard InChI is InChI=1S/C12H14S2/c1-4-10-7-12(14-9(10)3)11-6-5-8(2)13-11/h4,6-8H,1,5H2,2-3H3. The van der Waals surface area contributed by atoms with E-state index >= 15 is 0 Å². The summed E-state index contributed by atoms with van der Waals surface area (Å²) in [5.41, 5.74) is 1.28. The van der Waals surface area contributed by atoms with Gasteiger partial charge >= 0.3 is 0 Å². The van der Waals surface area contributed by atoms with Crippen LogP contribution in [0.4, 0.5) is 0 Å². The first-order chi connectivity index (χ1) is 6.70. The van der Waals surface area contributed by atoms with E-state index in [2.05, 4.69) is 32.6 Å². The monoisotopic (exact) mass is 222 g/mol. The predicted molar refractivity (Wildman–Crippen MR) is 68.8 cm³/mol. The minimum Gasteiger partial charge on any atom is -0.139 e. The molecule has 0 saturated carbocycles. The van der Waals surface area contributed by atoms with Gasteiger partial charge in [0, 0.05) is 19.9 Å². The SMILES string of the molecule is C=Cc1cc(C2=CCC(C)S2)sc1C. The van der Waals surface area contributed by atoms with Crippen LogP contribution in [0.5, 0.6) is 0 Å². The van der Waals surface area contributed by atoms with Crippen LogP contribution in [0.2, 0.25) is 0 Å². The summed E-state index contributed by atoms with van der Waals surface area (Å²) in [6.07, 6.45) is 5.51. The summed E-state index contributed by atoms with van der Waals surface area (Å²) >= 11 is 3.87. The fraction of sp³-hybridized carbons (Fsp3) is 0.333. The Morgan fingerprint density at radius 2 is 2.36 bits per heavy atom. The molecule has 14 heavy (non-hydrogen) atoms. The van der Waals surface area contributed by atoms with E-state index in [0.29, 0.717) is 0 Å². The molecule has 0 nitrogen and oxygen atoms in total. The summed E-state index contributed by atoms with van der Waals surface area (Å²) in [7, 11) is 0. The molecule has 0 amide bonds. The summed E-state index contributed by atoms with van der Waals surface area (Å²) < 4.78 is 0. The van der Waals surface area contributed by atoms with Gasteiger partial charge in [0.1, 0.15) is 0 Å². The second-order valence-electron chi connectivity index (χ2n) is 3.56. The number of hydrogen-bond acceptors (Lipinski definition) is 2. The van der Waals surface area contributed by atoms with Crippen molar-refractivity contribution in [2.45, 2.75) is 25.5 Å². The second kappa shape index (κ2) is 3.95. The Morgan fingerprint density at radius 3 is 2.86 bits per heavy atom. The van der Waals surface area contributed by atoms with Crippen LogP contribution in [0.25, 0.3) is 11.0 Å². The van der Waals surface area contributed by atoms with Crippen molar-refractivity contribution in [3.63, 3.8) is 0 Å². The molecule has 74 valence electrons. The number of thiophene rings is 1. The van der Waals surface area contributed by atoms with Gasteiger partial charge in [0.25, 0.3) is 0 Å². The average molecular weight is 222 g/mol. The molecule has 1 atom stereocenters. The fourth-order valence-electron chi connectivity index (χ4n) is 1.56. The van der Waals surface area contributed by atoms with Crippen molar-refractivity contribution in [1.82, 2.24) is 0 Å². The molecule has 2 heteroatoms. The Hall–Kier alpha value is -0.470. The van der Waals surface area contributed by atoms with E-state index in [0.717, 1.165) is 5.25 Å². The predicted octanol–water partition coefficient (Wildman–Crippen LogP) is 4.57. The molecule has 2 rings (SSSR count). The lowest BCUT2D eigenvalue weighted by molar-refractivity contribution is 1.00. The molecule has 0 spiro atoms. The zero-order valence-electron chi connectivity index (χ0n) is 8.54. The van der Waals surface area contributed by atoms with Crippen LogP contribution in [-0.2, 0) is 0 Å². The Labute approximate surface area is 93.7 Å². The molecule has 0 aromatic carbocycles. The quantitative estimate of drug-likeness (QED) is 0.706. The highest BCUT2D eigenvalue weighted by Crippen LogP contribution is 2.42. The lowest BCUT2D eigenvalue weighted by Gasteiger charge is -1.99. The molecule has 0 fully saturated rings. The van der Waals surface area contributed by atoms with Gasteiger partial charge in [-0.3, -0.25) is 0 Å². The van der Waals surface area contributed by atoms with E-state index in [1.807, 2.05) is 29.2 Å². The van der Waals surface area contributed by atoms with Gasteiger partial charge in [-0.15, -0.1) is 23.1 Å². The topological polar surface area (TPSA) is 0 Å². The molecule has 2 heterocycles. The van der Waals surface area contributed by atoms with E-state index in [4.69, 9.17) is 0 Å². The summed E-state index contributed by atoms with van der Waals surface area (Å²) in [5, 5.41) is 0.750. The van der Waals surface area contributed by atoms with Crippen LogP contribution in [0.3, 0.4) is 0 Å². The molecule has 0 aliphatic carbocycles. The van der Waals surface area contributed by atoms with Crippen molar-refractivity contribution < 1.29 is 0 Å². The van der Waals surface area contributed by atoms with Gasteiger partial charge in [0.2, 0.25) is 0 Å². The third kappa shape index (κ3) is 1.82. The van der Waals surface area contributed by atoms with Crippen LogP contribution in [0, 0.1) is 6.92 Å². The van der Waals surface area contributed by atoms with Gasteiger partial charge in [0.05, 0.1) is 0 Å². The summed E-state index contributed by atoms with van der Waals surface area (Å²) in [6, 6.07) is 2.25. The molecule has 1 aliphatic heterocycles. The molecule has 1 unspecified atom stereocenters. The Kier molecular flexibility index (Phi) is 2.84.